The van der Waals surface area contributed by atoms with E-state index in [2.05, 4.69) is 16.7 Å². The van der Waals surface area contributed by atoms with Crippen molar-refractivity contribution >= 4 is 11.8 Å². The maximum Gasteiger partial charge on any atom is 0.0710 e. The predicted molar refractivity (Wildman–Crippen MR) is 57.3 cm³/mol. The average molecular weight is 201 g/mol. The molecule has 2 rings (SSSR count). The van der Waals surface area contributed by atoms with Gasteiger partial charge in [-0.1, -0.05) is 0 Å². The summed E-state index contributed by atoms with van der Waals surface area (Å²) >= 11 is 2.12. The lowest BCUT2D eigenvalue weighted by Gasteiger charge is -2.30. The Morgan fingerprint density at radius 3 is 2.92 bits per heavy atom. The average Bonchev–Trinajstić information content (AvgIpc) is 2.67. The summed E-state index contributed by atoms with van der Waals surface area (Å²) in [6, 6.07) is 0.846. The first-order chi connectivity index (χ1) is 6.40. The van der Waals surface area contributed by atoms with Gasteiger partial charge < -0.3 is 4.74 Å². The second kappa shape index (κ2) is 4.67. The topological polar surface area (TPSA) is 12.5 Å². The molecule has 2 aliphatic heterocycles. The molecule has 13 heavy (non-hydrogen) atoms. The molecule has 3 heteroatoms. The van der Waals surface area contributed by atoms with E-state index < -0.39 is 0 Å². The third-order valence-corrected chi connectivity index (χ3v) is 4.36. The molecule has 2 saturated heterocycles. The van der Waals surface area contributed by atoms with Crippen molar-refractivity contribution in [3.63, 3.8) is 0 Å². The van der Waals surface area contributed by atoms with Crippen molar-refractivity contribution in [2.45, 2.75) is 31.4 Å². The molecule has 0 N–H and O–H groups in total. The lowest BCUT2D eigenvalue weighted by molar-refractivity contribution is 0.102. The summed E-state index contributed by atoms with van der Waals surface area (Å²) in [5, 5.41) is 0. The number of hydrogen-bond acceptors (Lipinski definition) is 3. The van der Waals surface area contributed by atoms with E-state index in [1.807, 2.05) is 7.11 Å². The van der Waals surface area contributed by atoms with Crippen LogP contribution in [-0.2, 0) is 4.74 Å². The molecule has 2 heterocycles. The molecular formula is C10H19NOS. The minimum atomic E-state index is 0.506. The van der Waals surface area contributed by atoms with Crippen LogP contribution in [0.5, 0.6) is 0 Å². The second-order valence-corrected chi connectivity index (χ2v) is 5.16. The van der Waals surface area contributed by atoms with E-state index in [0.29, 0.717) is 6.10 Å². The SMILES string of the molecule is CO[C@@H]1CCN(C2CCCSC2)C1. The molecular weight excluding hydrogens is 182 g/mol. The highest BCUT2D eigenvalue weighted by molar-refractivity contribution is 7.99. The highest BCUT2D eigenvalue weighted by Gasteiger charge is 2.28. The van der Waals surface area contributed by atoms with Gasteiger partial charge in [0.25, 0.3) is 0 Å². The van der Waals surface area contributed by atoms with Gasteiger partial charge >= 0.3 is 0 Å². The number of thioether (sulfide) groups is 1. The molecule has 0 aromatic rings. The van der Waals surface area contributed by atoms with Gasteiger partial charge in [0.05, 0.1) is 6.10 Å². The zero-order valence-corrected chi connectivity index (χ0v) is 9.18. The Hall–Kier alpha value is 0.270. The summed E-state index contributed by atoms with van der Waals surface area (Å²) in [5.41, 5.74) is 0. The summed E-state index contributed by atoms with van der Waals surface area (Å²) < 4.78 is 5.38. The van der Waals surface area contributed by atoms with E-state index in [9.17, 15) is 0 Å². The molecule has 0 spiro atoms. The first-order valence-corrected chi connectivity index (χ1v) is 6.40. The normalized spacial score (nSPS) is 36.7. The van der Waals surface area contributed by atoms with Crippen LogP contribution in [0.2, 0.25) is 0 Å². The molecule has 0 aliphatic carbocycles. The van der Waals surface area contributed by atoms with E-state index >= 15 is 0 Å². The van der Waals surface area contributed by atoms with Gasteiger partial charge in [0.1, 0.15) is 0 Å². The molecule has 0 aromatic carbocycles. The van der Waals surface area contributed by atoms with Crippen LogP contribution in [0.4, 0.5) is 0 Å². The Balaban J connectivity index is 1.80. The molecule has 0 radical (unpaired) electrons. The zero-order chi connectivity index (χ0) is 9.10. The van der Waals surface area contributed by atoms with Crippen LogP contribution in [0.25, 0.3) is 0 Å². The number of nitrogens with zero attached hydrogens (tertiary/aromatic N) is 1. The number of ether oxygens (including phenoxy) is 1. The van der Waals surface area contributed by atoms with Crippen LogP contribution >= 0.6 is 11.8 Å². The Morgan fingerprint density at radius 2 is 2.31 bits per heavy atom. The van der Waals surface area contributed by atoms with Gasteiger partial charge in [-0.05, 0) is 25.0 Å². The number of hydrogen-bond donors (Lipinski definition) is 0. The third kappa shape index (κ3) is 2.39. The number of likely N-dealkylation sites (tertiary alicyclic amines) is 1. The fraction of sp³-hybridized carbons (Fsp3) is 1.00. The first-order valence-electron chi connectivity index (χ1n) is 5.24. The van der Waals surface area contributed by atoms with E-state index in [0.717, 1.165) is 6.04 Å². The Kier molecular flexibility index (Phi) is 3.52. The largest absolute Gasteiger partial charge is 0.380 e. The molecule has 76 valence electrons. The monoisotopic (exact) mass is 201 g/mol. The lowest BCUT2D eigenvalue weighted by Crippen LogP contribution is -2.37. The standard InChI is InChI=1S/C10H19NOS/c1-12-10-4-5-11(7-10)9-3-2-6-13-8-9/h9-10H,2-8H2,1H3/t9?,10-/m1/s1. The van der Waals surface area contributed by atoms with Crippen molar-refractivity contribution < 1.29 is 4.74 Å². The van der Waals surface area contributed by atoms with E-state index in [1.165, 1.54) is 43.9 Å². The first kappa shape index (κ1) is 9.81. The van der Waals surface area contributed by atoms with Gasteiger partial charge in [0, 0.05) is 32.0 Å². The van der Waals surface area contributed by atoms with Gasteiger partial charge in [-0.15, -0.1) is 0 Å². The molecule has 1 unspecified atom stereocenters. The molecule has 0 bridgehead atoms. The quantitative estimate of drug-likeness (QED) is 0.673. The molecule has 2 fully saturated rings. The number of rotatable bonds is 2. The van der Waals surface area contributed by atoms with Gasteiger partial charge in [-0.25, -0.2) is 0 Å². The second-order valence-electron chi connectivity index (χ2n) is 4.01. The van der Waals surface area contributed by atoms with Crippen molar-refractivity contribution in [1.29, 1.82) is 0 Å². The van der Waals surface area contributed by atoms with Crippen molar-refractivity contribution in [1.82, 2.24) is 4.90 Å². The Bertz CT molecular complexity index is 159. The van der Waals surface area contributed by atoms with Gasteiger partial charge in [0.15, 0.2) is 0 Å². The highest BCUT2D eigenvalue weighted by atomic mass is 32.2. The minimum Gasteiger partial charge on any atom is -0.380 e. The summed E-state index contributed by atoms with van der Waals surface area (Å²) in [4.78, 5) is 2.63. The summed E-state index contributed by atoms with van der Waals surface area (Å²) in [6.07, 6.45) is 4.55. The van der Waals surface area contributed by atoms with Crippen molar-refractivity contribution in [2.75, 3.05) is 31.7 Å². The minimum absolute atomic E-state index is 0.506. The van der Waals surface area contributed by atoms with Gasteiger partial charge in [-0.2, -0.15) is 11.8 Å². The van der Waals surface area contributed by atoms with Crippen LogP contribution in [-0.4, -0.2) is 48.8 Å². The number of methoxy groups -OCH3 is 1. The molecule has 0 aromatic heterocycles. The van der Waals surface area contributed by atoms with Crippen LogP contribution < -0.4 is 0 Å². The highest BCUT2D eigenvalue weighted by Crippen LogP contribution is 2.25. The third-order valence-electron chi connectivity index (χ3n) is 3.16. The Labute approximate surface area is 85.0 Å². The molecule has 2 aliphatic rings. The smallest absolute Gasteiger partial charge is 0.0710 e. The Morgan fingerprint density at radius 1 is 1.38 bits per heavy atom. The lowest BCUT2D eigenvalue weighted by atomic mass is 10.1. The fourth-order valence-corrected chi connectivity index (χ4v) is 3.48. The maximum atomic E-state index is 5.38. The van der Waals surface area contributed by atoms with Gasteiger partial charge in [0.2, 0.25) is 0 Å². The summed E-state index contributed by atoms with van der Waals surface area (Å²) in [5.74, 6) is 2.72. The van der Waals surface area contributed by atoms with E-state index in [4.69, 9.17) is 4.74 Å². The van der Waals surface area contributed by atoms with Crippen molar-refractivity contribution in [2.24, 2.45) is 0 Å². The molecule has 2 nitrogen and oxygen atoms in total. The molecule has 2 atom stereocenters. The molecule has 0 amide bonds. The zero-order valence-electron chi connectivity index (χ0n) is 8.37. The van der Waals surface area contributed by atoms with Crippen molar-refractivity contribution in [3.05, 3.63) is 0 Å². The maximum absolute atomic E-state index is 5.38. The summed E-state index contributed by atoms with van der Waals surface area (Å²) in [6.45, 7) is 2.42. The van der Waals surface area contributed by atoms with Crippen LogP contribution in [0.3, 0.4) is 0 Å². The summed E-state index contributed by atoms with van der Waals surface area (Å²) in [7, 11) is 1.84. The van der Waals surface area contributed by atoms with Gasteiger partial charge in [-0.3, -0.25) is 4.90 Å². The van der Waals surface area contributed by atoms with E-state index in [1.54, 1.807) is 0 Å². The van der Waals surface area contributed by atoms with E-state index in [-0.39, 0.29) is 0 Å². The van der Waals surface area contributed by atoms with Crippen LogP contribution in [0.15, 0.2) is 0 Å². The van der Waals surface area contributed by atoms with Crippen molar-refractivity contribution in [3.8, 4) is 0 Å². The van der Waals surface area contributed by atoms with Crippen LogP contribution in [0, 0.1) is 0 Å². The van der Waals surface area contributed by atoms with Crippen LogP contribution in [0.1, 0.15) is 19.3 Å². The molecule has 0 saturated carbocycles. The fourth-order valence-electron chi connectivity index (χ4n) is 2.29. The predicted octanol–water partition coefficient (Wildman–Crippen LogP) is 1.60.